The molecule has 2 rings (SSSR count). The third-order valence-electron chi connectivity index (χ3n) is 3.78. The van der Waals surface area contributed by atoms with Crippen molar-refractivity contribution in [3.8, 4) is 0 Å². The molecule has 0 heterocycles. The fraction of sp³-hybridized carbons (Fsp3) is 0.500. The van der Waals surface area contributed by atoms with Crippen LogP contribution in [-0.4, -0.2) is 24.3 Å². The minimum atomic E-state index is -0.740. The van der Waals surface area contributed by atoms with E-state index in [1.807, 2.05) is 30.3 Å². The molecule has 2 unspecified atom stereocenters. The highest BCUT2D eigenvalue weighted by molar-refractivity contribution is 5.76. The number of hydrogen-bond donors (Lipinski definition) is 1. The van der Waals surface area contributed by atoms with Crippen LogP contribution in [0.5, 0.6) is 0 Å². The van der Waals surface area contributed by atoms with Crippen molar-refractivity contribution in [2.24, 2.45) is 5.41 Å². The Labute approximate surface area is 101 Å². The number of rotatable bonds is 4. The van der Waals surface area contributed by atoms with Crippen molar-refractivity contribution in [2.75, 3.05) is 7.11 Å². The van der Waals surface area contributed by atoms with Gasteiger partial charge in [0, 0.05) is 7.11 Å². The van der Waals surface area contributed by atoms with Gasteiger partial charge in [-0.15, -0.1) is 0 Å². The first-order chi connectivity index (χ1) is 8.19. The lowest BCUT2D eigenvalue weighted by atomic mass is 9.78. The summed E-state index contributed by atoms with van der Waals surface area (Å²) in [7, 11) is 1.61. The molecule has 1 aliphatic carbocycles. The van der Waals surface area contributed by atoms with Gasteiger partial charge in [-0.25, -0.2) is 0 Å². The van der Waals surface area contributed by atoms with Crippen LogP contribution in [0.25, 0.3) is 0 Å². The number of benzene rings is 1. The number of aliphatic carboxylic acids is 1. The Balaban J connectivity index is 2.26. The van der Waals surface area contributed by atoms with Crippen molar-refractivity contribution in [2.45, 2.75) is 31.8 Å². The Hall–Kier alpha value is -1.35. The minimum Gasteiger partial charge on any atom is -0.481 e. The van der Waals surface area contributed by atoms with Crippen LogP contribution < -0.4 is 0 Å². The van der Waals surface area contributed by atoms with Gasteiger partial charge < -0.3 is 9.84 Å². The Morgan fingerprint density at radius 2 is 2.18 bits per heavy atom. The monoisotopic (exact) mass is 234 g/mol. The first-order valence-electron chi connectivity index (χ1n) is 5.99. The molecule has 0 saturated heterocycles. The second-order valence-corrected chi connectivity index (χ2v) is 4.74. The van der Waals surface area contributed by atoms with E-state index in [-0.39, 0.29) is 6.10 Å². The molecule has 1 aromatic rings. The van der Waals surface area contributed by atoms with E-state index in [1.54, 1.807) is 7.11 Å². The van der Waals surface area contributed by atoms with Crippen molar-refractivity contribution in [1.82, 2.24) is 0 Å². The summed E-state index contributed by atoms with van der Waals surface area (Å²) in [6, 6.07) is 9.80. The van der Waals surface area contributed by atoms with E-state index in [4.69, 9.17) is 4.74 Å². The summed E-state index contributed by atoms with van der Waals surface area (Å²) in [6.45, 7) is 0. The molecule has 1 N–H and O–H groups in total. The van der Waals surface area contributed by atoms with Crippen LogP contribution in [0.1, 0.15) is 24.8 Å². The Kier molecular flexibility index (Phi) is 3.48. The fourth-order valence-corrected chi connectivity index (χ4v) is 2.87. The zero-order valence-electron chi connectivity index (χ0n) is 10.1. The van der Waals surface area contributed by atoms with Gasteiger partial charge in [0.1, 0.15) is 0 Å². The zero-order valence-corrected chi connectivity index (χ0v) is 10.1. The van der Waals surface area contributed by atoms with E-state index >= 15 is 0 Å². The maximum absolute atomic E-state index is 11.6. The first kappa shape index (κ1) is 12.1. The average Bonchev–Trinajstić information content (AvgIpc) is 2.74. The van der Waals surface area contributed by atoms with Gasteiger partial charge in [0.05, 0.1) is 11.5 Å². The molecule has 3 nitrogen and oxygen atoms in total. The molecule has 0 aliphatic heterocycles. The minimum absolute atomic E-state index is 0.166. The van der Waals surface area contributed by atoms with Crippen molar-refractivity contribution < 1.29 is 14.6 Å². The topological polar surface area (TPSA) is 46.5 Å². The summed E-state index contributed by atoms with van der Waals surface area (Å²) < 4.78 is 5.38. The third kappa shape index (κ3) is 2.20. The molecule has 2 atom stereocenters. The van der Waals surface area contributed by atoms with Crippen LogP contribution in [0.3, 0.4) is 0 Å². The summed E-state index contributed by atoms with van der Waals surface area (Å²) in [5.74, 6) is -0.731. The van der Waals surface area contributed by atoms with Gasteiger partial charge in [0.25, 0.3) is 0 Å². The quantitative estimate of drug-likeness (QED) is 0.870. The van der Waals surface area contributed by atoms with E-state index in [2.05, 4.69) is 0 Å². The van der Waals surface area contributed by atoms with E-state index in [0.29, 0.717) is 12.8 Å². The predicted molar refractivity (Wildman–Crippen MR) is 64.9 cm³/mol. The molecule has 0 radical (unpaired) electrons. The molecule has 0 aromatic heterocycles. The highest BCUT2D eigenvalue weighted by Gasteiger charge is 2.49. The summed E-state index contributed by atoms with van der Waals surface area (Å²) >= 11 is 0. The van der Waals surface area contributed by atoms with Gasteiger partial charge in [-0.3, -0.25) is 4.79 Å². The molecule has 1 fully saturated rings. The van der Waals surface area contributed by atoms with Crippen LogP contribution in [-0.2, 0) is 16.0 Å². The van der Waals surface area contributed by atoms with Crippen molar-refractivity contribution in [1.29, 1.82) is 0 Å². The largest absolute Gasteiger partial charge is 0.481 e. The summed E-state index contributed by atoms with van der Waals surface area (Å²) in [5, 5.41) is 9.55. The van der Waals surface area contributed by atoms with Crippen molar-refractivity contribution in [3.63, 3.8) is 0 Å². The molecule has 1 saturated carbocycles. The smallest absolute Gasteiger partial charge is 0.312 e. The number of carboxylic acids is 1. The highest BCUT2D eigenvalue weighted by atomic mass is 16.5. The molecule has 0 amide bonds. The molecule has 0 spiro atoms. The van der Waals surface area contributed by atoms with E-state index in [1.165, 1.54) is 0 Å². The van der Waals surface area contributed by atoms with Crippen LogP contribution in [0.15, 0.2) is 30.3 Å². The summed E-state index contributed by atoms with van der Waals surface area (Å²) in [5.41, 5.74) is 0.328. The second kappa shape index (κ2) is 4.88. The number of carboxylic acid groups (broad SMARTS) is 1. The van der Waals surface area contributed by atoms with Crippen LogP contribution >= 0.6 is 0 Å². The van der Waals surface area contributed by atoms with Gasteiger partial charge >= 0.3 is 5.97 Å². The Morgan fingerprint density at radius 3 is 2.76 bits per heavy atom. The maximum atomic E-state index is 11.6. The lowest BCUT2D eigenvalue weighted by Gasteiger charge is -2.30. The van der Waals surface area contributed by atoms with Gasteiger partial charge in [-0.2, -0.15) is 0 Å². The van der Waals surface area contributed by atoms with Crippen LogP contribution in [0.4, 0.5) is 0 Å². The molecular formula is C14H18O3. The van der Waals surface area contributed by atoms with E-state index in [0.717, 1.165) is 18.4 Å². The van der Waals surface area contributed by atoms with Crippen LogP contribution in [0.2, 0.25) is 0 Å². The standard InChI is InChI=1S/C14H18O3/c1-17-12-8-5-9-14(12,13(15)16)10-11-6-3-2-4-7-11/h2-4,6-7,12H,5,8-10H2,1H3,(H,15,16). The maximum Gasteiger partial charge on any atom is 0.312 e. The van der Waals surface area contributed by atoms with Gasteiger partial charge in [-0.05, 0) is 31.2 Å². The van der Waals surface area contributed by atoms with E-state index in [9.17, 15) is 9.90 Å². The fourth-order valence-electron chi connectivity index (χ4n) is 2.87. The lowest BCUT2D eigenvalue weighted by molar-refractivity contribution is -0.155. The second-order valence-electron chi connectivity index (χ2n) is 4.74. The number of ether oxygens (including phenoxy) is 1. The molecule has 92 valence electrons. The zero-order chi connectivity index (χ0) is 12.3. The summed E-state index contributed by atoms with van der Waals surface area (Å²) in [4.78, 5) is 11.6. The predicted octanol–water partition coefficient (Wildman–Crippen LogP) is 2.50. The lowest BCUT2D eigenvalue weighted by Crippen LogP contribution is -2.41. The highest BCUT2D eigenvalue weighted by Crippen LogP contribution is 2.43. The number of carbonyl (C=O) groups is 1. The Bertz CT molecular complexity index is 388. The summed E-state index contributed by atoms with van der Waals surface area (Å²) in [6.07, 6.45) is 2.87. The molecular weight excluding hydrogens is 216 g/mol. The number of hydrogen-bond acceptors (Lipinski definition) is 2. The van der Waals surface area contributed by atoms with Gasteiger partial charge in [0.15, 0.2) is 0 Å². The SMILES string of the molecule is COC1CCCC1(Cc1ccccc1)C(=O)O. The molecule has 17 heavy (non-hydrogen) atoms. The van der Waals surface area contributed by atoms with Crippen LogP contribution in [0, 0.1) is 5.41 Å². The van der Waals surface area contributed by atoms with E-state index < -0.39 is 11.4 Å². The van der Waals surface area contributed by atoms with Gasteiger partial charge in [0.2, 0.25) is 0 Å². The van der Waals surface area contributed by atoms with Crippen molar-refractivity contribution in [3.05, 3.63) is 35.9 Å². The van der Waals surface area contributed by atoms with Gasteiger partial charge in [-0.1, -0.05) is 30.3 Å². The number of methoxy groups -OCH3 is 1. The first-order valence-corrected chi connectivity index (χ1v) is 5.99. The molecule has 3 heteroatoms. The molecule has 0 bridgehead atoms. The molecule has 1 aromatic carbocycles. The molecule has 1 aliphatic rings. The Morgan fingerprint density at radius 1 is 1.47 bits per heavy atom. The average molecular weight is 234 g/mol. The third-order valence-corrected chi connectivity index (χ3v) is 3.78. The normalized spacial score (nSPS) is 28.2. The van der Waals surface area contributed by atoms with Crippen molar-refractivity contribution >= 4 is 5.97 Å².